The van der Waals surface area contributed by atoms with Crippen LogP contribution in [0, 0.1) is 6.92 Å². The Kier molecular flexibility index (Phi) is 5.16. The minimum Gasteiger partial charge on any atom is -0.463 e. The molecule has 0 saturated carbocycles. The van der Waals surface area contributed by atoms with E-state index in [2.05, 4.69) is 25.6 Å². The number of nitrogens with one attached hydrogen (secondary N) is 2. The van der Waals surface area contributed by atoms with Gasteiger partial charge in [-0.2, -0.15) is 15.0 Å². The van der Waals surface area contributed by atoms with Gasteiger partial charge >= 0.3 is 6.01 Å². The molecule has 2 rings (SSSR count). The van der Waals surface area contributed by atoms with Gasteiger partial charge in [0.25, 0.3) is 0 Å². The van der Waals surface area contributed by atoms with Gasteiger partial charge in [0.2, 0.25) is 11.9 Å². The van der Waals surface area contributed by atoms with E-state index in [4.69, 9.17) is 16.3 Å². The number of aromatic nitrogens is 3. The molecule has 112 valence electrons. The van der Waals surface area contributed by atoms with Crippen LogP contribution >= 0.6 is 11.6 Å². The van der Waals surface area contributed by atoms with Crippen LogP contribution in [-0.2, 0) is 0 Å². The second-order valence-corrected chi connectivity index (χ2v) is 4.88. The fraction of sp³-hybridized carbons (Fsp3) is 0.357. The molecule has 1 aromatic heterocycles. The maximum Gasteiger partial charge on any atom is 0.323 e. The Bertz CT molecular complexity index is 620. The number of aryl methyl sites for hydroxylation is 1. The summed E-state index contributed by atoms with van der Waals surface area (Å²) in [6.07, 6.45) is 0.886. The zero-order valence-electron chi connectivity index (χ0n) is 12.3. The van der Waals surface area contributed by atoms with Gasteiger partial charge in [-0.05, 0) is 31.0 Å². The van der Waals surface area contributed by atoms with Gasteiger partial charge in [0.1, 0.15) is 0 Å². The number of anilines is 3. The number of hydrogen-bond donors (Lipinski definition) is 2. The summed E-state index contributed by atoms with van der Waals surface area (Å²) in [6, 6.07) is 5.88. The van der Waals surface area contributed by atoms with E-state index in [-0.39, 0.29) is 0 Å². The summed E-state index contributed by atoms with van der Waals surface area (Å²) < 4.78 is 5.46. The van der Waals surface area contributed by atoms with Crippen molar-refractivity contribution >= 4 is 29.2 Å². The van der Waals surface area contributed by atoms with Crippen LogP contribution in [0.1, 0.15) is 18.9 Å². The molecule has 0 radical (unpaired) electrons. The Labute approximate surface area is 128 Å². The first-order valence-electron chi connectivity index (χ1n) is 6.72. The molecule has 7 heteroatoms. The molecule has 0 bridgehead atoms. The summed E-state index contributed by atoms with van der Waals surface area (Å²) >= 11 is 6.01. The van der Waals surface area contributed by atoms with Crippen molar-refractivity contribution in [3.8, 4) is 6.01 Å². The molecule has 0 unspecified atom stereocenters. The molecule has 21 heavy (non-hydrogen) atoms. The van der Waals surface area contributed by atoms with E-state index in [0.717, 1.165) is 17.7 Å². The third-order valence-electron chi connectivity index (χ3n) is 2.72. The largest absolute Gasteiger partial charge is 0.463 e. The topological polar surface area (TPSA) is 72.0 Å². The summed E-state index contributed by atoms with van der Waals surface area (Å²) in [5.41, 5.74) is 1.89. The highest BCUT2D eigenvalue weighted by Crippen LogP contribution is 2.23. The van der Waals surface area contributed by atoms with Crippen LogP contribution < -0.4 is 15.4 Å². The molecular formula is C14H18ClN5O. The molecule has 0 saturated heterocycles. The lowest BCUT2D eigenvalue weighted by atomic mass is 10.2. The van der Waals surface area contributed by atoms with Crippen LogP contribution in [0.2, 0.25) is 5.02 Å². The first-order chi connectivity index (χ1) is 10.1. The normalized spacial score (nSPS) is 10.3. The fourth-order valence-electron chi connectivity index (χ4n) is 1.63. The quantitative estimate of drug-likeness (QED) is 0.852. The molecule has 0 spiro atoms. The summed E-state index contributed by atoms with van der Waals surface area (Å²) in [4.78, 5) is 12.7. The molecule has 2 N–H and O–H groups in total. The van der Waals surface area contributed by atoms with Gasteiger partial charge in [0, 0.05) is 17.8 Å². The molecule has 1 heterocycles. The van der Waals surface area contributed by atoms with E-state index in [0.29, 0.717) is 29.5 Å². The maximum absolute atomic E-state index is 6.01. The van der Waals surface area contributed by atoms with E-state index in [1.165, 1.54) is 0 Å². The lowest BCUT2D eigenvalue weighted by Crippen LogP contribution is -2.08. The van der Waals surface area contributed by atoms with Gasteiger partial charge in [-0.1, -0.05) is 24.6 Å². The molecule has 2 aromatic rings. The zero-order valence-corrected chi connectivity index (χ0v) is 13.0. The van der Waals surface area contributed by atoms with E-state index < -0.39 is 0 Å². The van der Waals surface area contributed by atoms with Crippen molar-refractivity contribution in [3.63, 3.8) is 0 Å². The zero-order chi connectivity index (χ0) is 15.2. The Morgan fingerprint density at radius 3 is 2.67 bits per heavy atom. The number of hydrogen-bond acceptors (Lipinski definition) is 6. The lowest BCUT2D eigenvalue weighted by molar-refractivity contribution is 0.292. The minimum atomic E-state index is 0.290. The Morgan fingerprint density at radius 2 is 1.95 bits per heavy atom. The monoisotopic (exact) mass is 307 g/mol. The maximum atomic E-state index is 6.01. The van der Waals surface area contributed by atoms with Gasteiger partial charge in [-0.3, -0.25) is 0 Å². The molecule has 0 atom stereocenters. The van der Waals surface area contributed by atoms with E-state index >= 15 is 0 Å². The average Bonchev–Trinajstić information content (AvgIpc) is 2.48. The van der Waals surface area contributed by atoms with Gasteiger partial charge in [0.05, 0.1) is 6.61 Å². The SMILES string of the molecule is CCCOc1nc(NC)nc(Nc2cc(Cl)ccc2C)n1. The van der Waals surface area contributed by atoms with E-state index in [1.807, 2.05) is 32.0 Å². The smallest absolute Gasteiger partial charge is 0.323 e. The molecule has 0 fully saturated rings. The predicted octanol–water partition coefficient (Wildman–Crippen LogP) is 3.41. The highest BCUT2D eigenvalue weighted by molar-refractivity contribution is 6.30. The predicted molar refractivity (Wildman–Crippen MR) is 84.6 cm³/mol. The third kappa shape index (κ3) is 4.19. The number of ether oxygens (including phenoxy) is 1. The molecule has 0 aliphatic rings. The third-order valence-corrected chi connectivity index (χ3v) is 2.95. The Balaban J connectivity index is 2.27. The molecule has 0 aliphatic carbocycles. The van der Waals surface area contributed by atoms with Crippen LogP contribution in [0.15, 0.2) is 18.2 Å². The fourth-order valence-corrected chi connectivity index (χ4v) is 1.80. The van der Waals surface area contributed by atoms with Crippen molar-refractivity contribution in [2.24, 2.45) is 0 Å². The molecular weight excluding hydrogens is 290 g/mol. The highest BCUT2D eigenvalue weighted by Gasteiger charge is 2.08. The van der Waals surface area contributed by atoms with Gasteiger partial charge in [-0.25, -0.2) is 0 Å². The Hall–Kier alpha value is -2.08. The second kappa shape index (κ2) is 7.08. The summed E-state index contributed by atoms with van der Waals surface area (Å²) in [5, 5.41) is 6.67. The van der Waals surface area contributed by atoms with Crippen LogP contribution in [0.25, 0.3) is 0 Å². The first-order valence-corrected chi connectivity index (χ1v) is 7.10. The summed E-state index contributed by atoms with van der Waals surface area (Å²) in [6.45, 7) is 4.56. The van der Waals surface area contributed by atoms with E-state index in [1.54, 1.807) is 7.05 Å². The standard InChI is InChI=1S/C14H18ClN5O/c1-4-7-21-14-19-12(16-3)18-13(20-14)17-11-8-10(15)6-5-9(11)2/h5-6,8H,4,7H2,1-3H3,(H2,16,17,18,19,20). The second-order valence-electron chi connectivity index (χ2n) is 4.45. The Morgan fingerprint density at radius 1 is 1.19 bits per heavy atom. The van der Waals surface area contributed by atoms with Crippen LogP contribution in [0.5, 0.6) is 6.01 Å². The van der Waals surface area contributed by atoms with Crippen molar-refractivity contribution in [2.45, 2.75) is 20.3 Å². The molecule has 0 amide bonds. The molecule has 0 aliphatic heterocycles. The lowest BCUT2D eigenvalue weighted by Gasteiger charge is -2.11. The van der Waals surface area contributed by atoms with Crippen molar-refractivity contribution in [3.05, 3.63) is 28.8 Å². The van der Waals surface area contributed by atoms with Crippen molar-refractivity contribution < 1.29 is 4.74 Å². The van der Waals surface area contributed by atoms with Gasteiger partial charge in [-0.15, -0.1) is 0 Å². The van der Waals surface area contributed by atoms with Gasteiger partial charge in [0.15, 0.2) is 0 Å². The molecule has 6 nitrogen and oxygen atoms in total. The number of halogens is 1. The van der Waals surface area contributed by atoms with Crippen LogP contribution in [0.4, 0.5) is 17.6 Å². The summed E-state index contributed by atoms with van der Waals surface area (Å²) in [7, 11) is 1.74. The average molecular weight is 308 g/mol. The number of rotatable bonds is 6. The molecule has 1 aromatic carbocycles. The highest BCUT2D eigenvalue weighted by atomic mass is 35.5. The van der Waals surface area contributed by atoms with Crippen molar-refractivity contribution in [2.75, 3.05) is 24.3 Å². The van der Waals surface area contributed by atoms with Crippen LogP contribution in [-0.4, -0.2) is 28.6 Å². The van der Waals surface area contributed by atoms with Gasteiger partial charge < -0.3 is 15.4 Å². The van der Waals surface area contributed by atoms with Crippen molar-refractivity contribution in [1.82, 2.24) is 15.0 Å². The van der Waals surface area contributed by atoms with E-state index in [9.17, 15) is 0 Å². The number of nitrogens with zero attached hydrogens (tertiary/aromatic N) is 3. The van der Waals surface area contributed by atoms with Crippen LogP contribution in [0.3, 0.4) is 0 Å². The first kappa shape index (κ1) is 15.3. The minimum absolute atomic E-state index is 0.290. The van der Waals surface area contributed by atoms with Crippen molar-refractivity contribution in [1.29, 1.82) is 0 Å². The number of benzene rings is 1. The summed E-state index contributed by atoms with van der Waals surface area (Å²) in [5.74, 6) is 0.851.